The van der Waals surface area contributed by atoms with E-state index in [0.717, 1.165) is 35.8 Å². The number of hydrogen-bond acceptors (Lipinski definition) is 2. The van der Waals surface area contributed by atoms with Crippen molar-refractivity contribution < 1.29 is 9.53 Å². The van der Waals surface area contributed by atoms with Gasteiger partial charge in [0.15, 0.2) is 0 Å². The second-order valence-electron chi connectivity index (χ2n) is 7.46. The molecule has 0 atom stereocenters. The average molecular weight is 365 g/mol. The molecule has 0 radical (unpaired) electrons. The Balaban J connectivity index is 1.57. The van der Waals surface area contributed by atoms with Gasteiger partial charge in [0, 0.05) is 11.4 Å². The summed E-state index contributed by atoms with van der Waals surface area (Å²) in [7, 11) is 0. The predicted molar refractivity (Wildman–Crippen MR) is 105 cm³/mol. The molecule has 1 aliphatic carbocycles. The van der Waals surface area contributed by atoms with Crippen molar-refractivity contribution in [1.29, 1.82) is 0 Å². The van der Waals surface area contributed by atoms with Crippen LogP contribution in [0.2, 0.25) is 5.02 Å². The molecular formula is C22H33ClO2. The first kappa shape index (κ1) is 20.3. The van der Waals surface area contributed by atoms with Gasteiger partial charge >= 0.3 is 5.97 Å². The quantitative estimate of drug-likeness (QED) is 0.345. The van der Waals surface area contributed by atoms with E-state index in [4.69, 9.17) is 16.3 Å². The fourth-order valence-electron chi connectivity index (χ4n) is 3.76. The minimum atomic E-state index is 0.00959. The fraction of sp³-hybridized carbons (Fsp3) is 0.682. The Morgan fingerprint density at radius 2 is 1.72 bits per heavy atom. The molecule has 0 unspecified atom stereocenters. The van der Waals surface area contributed by atoms with Crippen LogP contribution in [0.25, 0.3) is 0 Å². The number of benzene rings is 1. The van der Waals surface area contributed by atoms with Crippen molar-refractivity contribution in [3.63, 3.8) is 0 Å². The van der Waals surface area contributed by atoms with Gasteiger partial charge in [-0.1, -0.05) is 69.2 Å². The number of rotatable bonds is 10. The van der Waals surface area contributed by atoms with Gasteiger partial charge in [-0.15, -0.1) is 0 Å². The van der Waals surface area contributed by atoms with Crippen LogP contribution in [-0.4, -0.2) is 12.6 Å². The lowest BCUT2D eigenvalue weighted by Gasteiger charge is -2.27. The van der Waals surface area contributed by atoms with Crippen LogP contribution in [0.1, 0.15) is 76.7 Å². The molecule has 140 valence electrons. The van der Waals surface area contributed by atoms with Crippen LogP contribution in [-0.2, 0) is 16.0 Å². The summed E-state index contributed by atoms with van der Waals surface area (Å²) < 4.78 is 5.50. The molecule has 2 nitrogen and oxygen atoms in total. The average Bonchev–Trinajstić information content (AvgIpc) is 2.63. The van der Waals surface area contributed by atoms with Crippen LogP contribution in [0, 0.1) is 11.8 Å². The van der Waals surface area contributed by atoms with Crippen molar-refractivity contribution in [3.8, 4) is 0 Å². The van der Waals surface area contributed by atoms with Gasteiger partial charge in [-0.05, 0) is 49.3 Å². The van der Waals surface area contributed by atoms with Crippen LogP contribution < -0.4 is 0 Å². The van der Waals surface area contributed by atoms with Crippen LogP contribution in [0.3, 0.4) is 0 Å². The maximum Gasteiger partial charge on any atom is 0.308 e. The monoisotopic (exact) mass is 364 g/mol. The number of ether oxygens (including phenoxy) is 1. The standard InChI is InChI=1S/C22H33ClO2/c1-2-3-4-5-6-7-18-8-12-20(13-9-18)22(24)25-17-16-19-10-14-21(23)15-11-19/h10-11,14-15,18,20H,2-9,12-13,16-17H2,1H3. The van der Waals surface area contributed by atoms with Gasteiger partial charge in [0.25, 0.3) is 0 Å². The molecule has 0 bridgehead atoms. The van der Waals surface area contributed by atoms with E-state index in [9.17, 15) is 4.79 Å². The molecule has 0 heterocycles. The predicted octanol–water partition coefficient (Wildman–Crippen LogP) is 6.59. The SMILES string of the molecule is CCCCCCCC1CCC(C(=O)OCCc2ccc(Cl)cc2)CC1. The number of halogens is 1. The molecular weight excluding hydrogens is 332 g/mol. The third kappa shape index (κ3) is 7.81. The first-order chi connectivity index (χ1) is 12.2. The van der Waals surface area contributed by atoms with Gasteiger partial charge in [0.05, 0.1) is 12.5 Å². The zero-order valence-electron chi connectivity index (χ0n) is 15.6. The number of carbonyl (C=O) groups excluding carboxylic acids is 1. The Morgan fingerprint density at radius 3 is 2.40 bits per heavy atom. The zero-order chi connectivity index (χ0) is 17.9. The van der Waals surface area contributed by atoms with Crippen molar-refractivity contribution in [1.82, 2.24) is 0 Å². The topological polar surface area (TPSA) is 26.3 Å². The molecule has 1 aromatic rings. The molecule has 0 aromatic heterocycles. The molecule has 1 saturated carbocycles. The van der Waals surface area contributed by atoms with Crippen molar-refractivity contribution in [2.45, 2.75) is 77.6 Å². The smallest absolute Gasteiger partial charge is 0.308 e. The maximum absolute atomic E-state index is 12.2. The minimum Gasteiger partial charge on any atom is -0.465 e. The molecule has 1 fully saturated rings. The molecule has 1 aromatic carbocycles. The summed E-state index contributed by atoms with van der Waals surface area (Å²) in [5.41, 5.74) is 1.16. The van der Waals surface area contributed by atoms with E-state index in [1.807, 2.05) is 24.3 Å². The summed E-state index contributed by atoms with van der Waals surface area (Å²) in [6.45, 7) is 2.73. The maximum atomic E-state index is 12.2. The first-order valence-corrected chi connectivity index (χ1v) is 10.5. The summed E-state index contributed by atoms with van der Waals surface area (Å²) in [6.07, 6.45) is 13.3. The Kier molecular flexibility index (Phi) is 9.39. The third-order valence-corrected chi connectivity index (χ3v) is 5.70. The Labute approximate surface area is 158 Å². The van der Waals surface area contributed by atoms with Crippen molar-refractivity contribution in [2.24, 2.45) is 11.8 Å². The number of unbranched alkanes of at least 4 members (excludes halogenated alkanes) is 4. The summed E-state index contributed by atoms with van der Waals surface area (Å²) >= 11 is 5.88. The number of carbonyl (C=O) groups is 1. The number of esters is 1. The van der Waals surface area contributed by atoms with E-state index in [0.29, 0.717) is 6.61 Å². The van der Waals surface area contributed by atoms with Gasteiger partial charge in [-0.3, -0.25) is 4.79 Å². The van der Waals surface area contributed by atoms with E-state index in [1.165, 1.54) is 51.4 Å². The van der Waals surface area contributed by atoms with Crippen LogP contribution in [0.5, 0.6) is 0 Å². The largest absolute Gasteiger partial charge is 0.465 e. The normalized spacial score (nSPS) is 20.4. The molecule has 0 N–H and O–H groups in total. The van der Waals surface area contributed by atoms with Crippen molar-refractivity contribution in [3.05, 3.63) is 34.9 Å². The van der Waals surface area contributed by atoms with Crippen molar-refractivity contribution in [2.75, 3.05) is 6.61 Å². The van der Waals surface area contributed by atoms with Gasteiger partial charge in [-0.25, -0.2) is 0 Å². The van der Waals surface area contributed by atoms with E-state index in [-0.39, 0.29) is 11.9 Å². The van der Waals surface area contributed by atoms with E-state index >= 15 is 0 Å². The lowest BCUT2D eigenvalue weighted by molar-refractivity contribution is -0.149. The fourth-order valence-corrected chi connectivity index (χ4v) is 3.89. The Morgan fingerprint density at radius 1 is 1.04 bits per heavy atom. The molecule has 1 aliphatic rings. The van der Waals surface area contributed by atoms with Gasteiger partial charge in [-0.2, -0.15) is 0 Å². The molecule has 0 aliphatic heterocycles. The highest BCUT2D eigenvalue weighted by Crippen LogP contribution is 2.32. The molecule has 3 heteroatoms. The minimum absolute atomic E-state index is 0.00959. The second kappa shape index (κ2) is 11.6. The molecule has 25 heavy (non-hydrogen) atoms. The Bertz CT molecular complexity index is 489. The van der Waals surface area contributed by atoms with Crippen LogP contribution in [0.15, 0.2) is 24.3 Å². The summed E-state index contributed by atoms with van der Waals surface area (Å²) in [6, 6.07) is 7.73. The lowest BCUT2D eigenvalue weighted by atomic mass is 9.80. The first-order valence-electron chi connectivity index (χ1n) is 10.1. The molecule has 0 amide bonds. The lowest BCUT2D eigenvalue weighted by Crippen LogP contribution is -2.24. The summed E-state index contributed by atoms with van der Waals surface area (Å²) in [5.74, 6) is 0.969. The van der Waals surface area contributed by atoms with Gasteiger partial charge < -0.3 is 4.74 Å². The molecule has 0 spiro atoms. The summed E-state index contributed by atoms with van der Waals surface area (Å²) in [4.78, 5) is 12.2. The van der Waals surface area contributed by atoms with E-state index in [1.54, 1.807) is 0 Å². The van der Waals surface area contributed by atoms with Crippen molar-refractivity contribution >= 4 is 17.6 Å². The van der Waals surface area contributed by atoms with E-state index < -0.39 is 0 Å². The third-order valence-electron chi connectivity index (χ3n) is 5.44. The summed E-state index contributed by atoms with van der Waals surface area (Å²) in [5, 5.41) is 0.739. The van der Waals surface area contributed by atoms with Gasteiger partial charge in [0.2, 0.25) is 0 Å². The van der Waals surface area contributed by atoms with Crippen LogP contribution in [0.4, 0.5) is 0 Å². The number of hydrogen-bond donors (Lipinski definition) is 0. The second-order valence-corrected chi connectivity index (χ2v) is 7.90. The molecule has 2 rings (SSSR count). The highest BCUT2D eigenvalue weighted by Gasteiger charge is 2.27. The highest BCUT2D eigenvalue weighted by molar-refractivity contribution is 6.30. The highest BCUT2D eigenvalue weighted by atomic mass is 35.5. The zero-order valence-corrected chi connectivity index (χ0v) is 16.4. The Hall–Kier alpha value is -1.02. The van der Waals surface area contributed by atoms with E-state index in [2.05, 4.69) is 6.92 Å². The molecule has 0 saturated heterocycles. The van der Waals surface area contributed by atoms with Gasteiger partial charge in [0.1, 0.15) is 0 Å². The van der Waals surface area contributed by atoms with Crippen LogP contribution >= 0.6 is 11.6 Å².